The lowest BCUT2D eigenvalue weighted by Crippen LogP contribution is -2.30. The predicted octanol–water partition coefficient (Wildman–Crippen LogP) is 4.77. The number of benzene rings is 2. The van der Waals surface area contributed by atoms with Gasteiger partial charge >= 0.3 is 0 Å². The molecule has 3 rings (SSSR count). The highest BCUT2D eigenvalue weighted by Gasteiger charge is 2.15. The van der Waals surface area contributed by atoms with Crippen LogP contribution in [0.2, 0.25) is 5.02 Å². The second-order valence-electron chi connectivity index (χ2n) is 6.19. The van der Waals surface area contributed by atoms with E-state index in [-0.39, 0.29) is 19.0 Å². The number of anilines is 1. The lowest BCUT2D eigenvalue weighted by atomic mass is 10.1. The van der Waals surface area contributed by atoms with Crippen LogP contribution in [-0.4, -0.2) is 40.7 Å². The van der Waals surface area contributed by atoms with E-state index in [4.69, 9.17) is 21.4 Å². The van der Waals surface area contributed by atoms with Crippen LogP contribution in [0.3, 0.4) is 0 Å². The van der Waals surface area contributed by atoms with E-state index in [1.54, 1.807) is 40.7 Å². The maximum atomic E-state index is 13.0. The number of nitrogens with zero attached hydrogens (tertiary/aromatic N) is 2. The third kappa shape index (κ3) is 5.83. The van der Waals surface area contributed by atoms with E-state index in [0.29, 0.717) is 28.0 Å². The number of rotatable bonds is 8. The zero-order valence-electron chi connectivity index (χ0n) is 15.6. The van der Waals surface area contributed by atoms with Crippen molar-refractivity contribution in [3.8, 4) is 22.8 Å². The van der Waals surface area contributed by atoms with E-state index in [1.165, 1.54) is 24.1 Å². The lowest BCUT2D eigenvalue weighted by Gasteiger charge is -2.23. The molecule has 5 nitrogen and oxygen atoms in total. The van der Waals surface area contributed by atoms with Gasteiger partial charge in [-0.2, -0.15) is 0 Å². The van der Waals surface area contributed by atoms with E-state index >= 15 is 0 Å². The Morgan fingerprint density at radius 3 is 2.31 bits per heavy atom. The van der Waals surface area contributed by atoms with Gasteiger partial charge < -0.3 is 14.9 Å². The van der Waals surface area contributed by atoms with Crippen LogP contribution in [-0.2, 0) is 0 Å². The largest absolute Gasteiger partial charge is 0.457 e. The summed E-state index contributed by atoms with van der Waals surface area (Å²) in [5.41, 5.74) is 1.50. The molecule has 0 spiro atoms. The number of ether oxygens (including phenoxy) is 1. The first-order chi connectivity index (χ1) is 14.0. The normalized spacial score (nSPS) is 11.9. The molecule has 2 aromatic carbocycles. The first-order valence-corrected chi connectivity index (χ1v) is 10.4. The second-order valence-corrected chi connectivity index (χ2v) is 7.43. The monoisotopic (exact) mass is 434 g/mol. The van der Waals surface area contributed by atoms with E-state index in [0.717, 1.165) is 5.56 Å². The molecule has 2 N–H and O–H groups in total. The van der Waals surface area contributed by atoms with Crippen molar-refractivity contribution >= 4 is 29.4 Å². The van der Waals surface area contributed by atoms with Gasteiger partial charge in [0, 0.05) is 22.9 Å². The smallest absolute Gasteiger partial charge is 0.140 e. The van der Waals surface area contributed by atoms with Crippen LogP contribution in [0.25, 0.3) is 11.3 Å². The fourth-order valence-corrected chi connectivity index (χ4v) is 3.41. The number of pyridine rings is 1. The molecule has 0 saturated carbocycles. The van der Waals surface area contributed by atoms with Gasteiger partial charge in [-0.15, -0.1) is 0 Å². The Morgan fingerprint density at radius 2 is 1.72 bits per heavy atom. The van der Waals surface area contributed by atoms with Crippen molar-refractivity contribution in [1.29, 1.82) is 0 Å². The average Bonchev–Trinajstić information content (AvgIpc) is 2.73. The van der Waals surface area contributed by atoms with Gasteiger partial charge in [0.2, 0.25) is 0 Å². The number of hydrogen-bond acceptors (Lipinski definition) is 6. The molecular weight excluding hydrogens is 415 g/mol. The number of aromatic nitrogens is 1. The topological polar surface area (TPSA) is 65.8 Å². The summed E-state index contributed by atoms with van der Waals surface area (Å²) in [6.45, 7) is -0.116. The van der Waals surface area contributed by atoms with E-state index in [1.807, 2.05) is 18.4 Å². The Labute approximate surface area is 177 Å². The zero-order chi connectivity index (χ0) is 20.8. The molecule has 0 aliphatic rings. The molecule has 0 fully saturated rings. The highest BCUT2D eigenvalue weighted by molar-refractivity contribution is 7.99. The van der Waals surface area contributed by atoms with Crippen LogP contribution in [0.5, 0.6) is 11.5 Å². The van der Waals surface area contributed by atoms with Gasteiger partial charge in [-0.05, 0) is 54.6 Å². The zero-order valence-corrected chi connectivity index (χ0v) is 17.2. The first kappa shape index (κ1) is 21.4. The van der Waals surface area contributed by atoms with Crippen LogP contribution in [0.1, 0.15) is 0 Å². The molecule has 0 saturated heterocycles. The Hall–Kier alpha value is -2.32. The maximum absolute atomic E-state index is 13.0. The molecule has 0 aliphatic heterocycles. The second kappa shape index (κ2) is 9.93. The van der Waals surface area contributed by atoms with Gasteiger partial charge in [-0.25, -0.2) is 9.37 Å². The molecule has 1 unspecified atom stereocenters. The number of aliphatic hydroxyl groups excluding tert-OH is 2. The van der Waals surface area contributed by atoms with Crippen LogP contribution in [0.15, 0.2) is 60.7 Å². The first-order valence-electron chi connectivity index (χ1n) is 8.80. The molecule has 0 bridgehead atoms. The summed E-state index contributed by atoms with van der Waals surface area (Å²) in [6.07, 6.45) is 0.975. The van der Waals surface area contributed by atoms with Gasteiger partial charge in [-0.3, -0.25) is 4.31 Å². The molecule has 29 heavy (non-hydrogen) atoms. The molecule has 1 atom stereocenters. The SMILES string of the molecule is CSN(CC(O)CO)c1cc(Cl)cc(-c2ccc(Oc3ccc(F)cc3)cc2)n1. The summed E-state index contributed by atoms with van der Waals surface area (Å²) in [5.74, 6) is 1.42. The maximum Gasteiger partial charge on any atom is 0.140 e. The van der Waals surface area contributed by atoms with Crippen molar-refractivity contribution in [3.63, 3.8) is 0 Å². The quantitative estimate of drug-likeness (QED) is 0.498. The summed E-state index contributed by atoms with van der Waals surface area (Å²) < 4.78 is 20.5. The Bertz CT molecular complexity index is 942. The summed E-state index contributed by atoms with van der Waals surface area (Å²) in [6, 6.07) is 16.6. The van der Waals surface area contributed by atoms with Crippen molar-refractivity contribution in [2.45, 2.75) is 6.10 Å². The van der Waals surface area contributed by atoms with Crippen molar-refractivity contribution in [2.24, 2.45) is 0 Å². The Kier molecular flexibility index (Phi) is 7.33. The summed E-state index contributed by atoms with van der Waals surface area (Å²) in [5, 5.41) is 19.3. The fraction of sp³-hybridized carbons (Fsp3) is 0.190. The van der Waals surface area contributed by atoms with Crippen molar-refractivity contribution in [1.82, 2.24) is 4.98 Å². The molecule has 3 aromatic rings. The molecule has 8 heteroatoms. The molecule has 0 aliphatic carbocycles. The van der Waals surface area contributed by atoms with E-state index in [9.17, 15) is 9.50 Å². The highest BCUT2D eigenvalue weighted by Crippen LogP contribution is 2.30. The number of aliphatic hydroxyl groups is 2. The standard InChI is InChI=1S/C21H20ClFN2O3S/c1-29-25(12-17(27)13-26)21-11-15(22)10-20(24-21)14-2-6-18(7-3-14)28-19-8-4-16(23)5-9-19/h2-11,17,26-27H,12-13H2,1H3. The predicted molar refractivity (Wildman–Crippen MR) is 115 cm³/mol. The minimum Gasteiger partial charge on any atom is -0.457 e. The van der Waals surface area contributed by atoms with Gasteiger partial charge in [0.15, 0.2) is 0 Å². The van der Waals surface area contributed by atoms with Gasteiger partial charge in [0.05, 0.1) is 24.9 Å². The third-order valence-corrected chi connectivity index (χ3v) is 5.03. The third-order valence-electron chi connectivity index (χ3n) is 4.04. The summed E-state index contributed by atoms with van der Waals surface area (Å²) in [7, 11) is 0. The number of halogens is 2. The van der Waals surface area contributed by atoms with E-state index < -0.39 is 6.10 Å². The summed E-state index contributed by atoms with van der Waals surface area (Å²) >= 11 is 7.66. The van der Waals surface area contributed by atoms with Crippen LogP contribution in [0, 0.1) is 5.82 Å². The van der Waals surface area contributed by atoms with Gasteiger partial charge in [0.1, 0.15) is 23.1 Å². The minimum absolute atomic E-state index is 0.217. The van der Waals surface area contributed by atoms with Crippen LogP contribution in [0.4, 0.5) is 10.2 Å². The summed E-state index contributed by atoms with van der Waals surface area (Å²) in [4.78, 5) is 4.63. The molecule has 152 valence electrons. The Morgan fingerprint density at radius 1 is 1.10 bits per heavy atom. The van der Waals surface area contributed by atoms with Crippen LogP contribution < -0.4 is 9.04 Å². The minimum atomic E-state index is -0.880. The van der Waals surface area contributed by atoms with E-state index in [2.05, 4.69) is 4.98 Å². The fourth-order valence-electron chi connectivity index (χ4n) is 2.60. The van der Waals surface area contributed by atoms with Gasteiger partial charge in [0.25, 0.3) is 0 Å². The van der Waals surface area contributed by atoms with Crippen LogP contribution >= 0.6 is 23.5 Å². The Balaban J connectivity index is 1.80. The number of hydrogen-bond donors (Lipinski definition) is 2. The molecule has 0 amide bonds. The molecule has 1 aromatic heterocycles. The van der Waals surface area contributed by atoms with Gasteiger partial charge in [-0.1, -0.05) is 23.5 Å². The van der Waals surface area contributed by atoms with Crippen molar-refractivity contribution in [2.75, 3.05) is 23.7 Å². The molecule has 1 heterocycles. The molecular formula is C21H20ClFN2O3S. The van der Waals surface area contributed by atoms with Crippen molar-refractivity contribution in [3.05, 3.63) is 71.5 Å². The average molecular weight is 435 g/mol. The van der Waals surface area contributed by atoms with Crippen molar-refractivity contribution < 1.29 is 19.3 Å². The highest BCUT2D eigenvalue weighted by atomic mass is 35.5. The molecule has 0 radical (unpaired) electrons. The lowest BCUT2D eigenvalue weighted by molar-refractivity contribution is 0.103.